The molecule has 1 aromatic heterocycles. The molecule has 24 heavy (non-hydrogen) atoms. The van der Waals surface area contributed by atoms with Gasteiger partial charge in [-0.05, 0) is 25.0 Å². The molecule has 0 aliphatic carbocycles. The van der Waals surface area contributed by atoms with Gasteiger partial charge in [-0.15, -0.1) is 0 Å². The van der Waals surface area contributed by atoms with Gasteiger partial charge in [0.1, 0.15) is 11.1 Å². The Morgan fingerprint density at radius 1 is 1.29 bits per heavy atom. The van der Waals surface area contributed by atoms with E-state index in [4.69, 9.17) is 13.9 Å². The molecule has 1 aliphatic heterocycles. The van der Waals surface area contributed by atoms with E-state index in [1.165, 1.54) is 6.07 Å². The quantitative estimate of drug-likeness (QED) is 0.654. The van der Waals surface area contributed by atoms with Gasteiger partial charge in [0, 0.05) is 18.5 Å². The Morgan fingerprint density at radius 3 is 2.92 bits per heavy atom. The van der Waals surface area contributed by atoms with Crippen LogP contribution < -0.4 is 10.9 Å². The van der Waals surface area contributed by atoms with Crippen molar-refractivity contribution in [3.8, 4) is 0 Å². The molecular weight excluding hydrogens is 314 g/mol. The summed E-state index contributed by atoms with van der Waals surface area (Å²) in [5.41, 5.74) is -0.646. The first-order valence-electron chi connectivity index (χ1n) is 7.72. The number of amides is 1. The largest absolute Gasteiger partial charge is 0.452 e. The molecule has 1 saturated heterocycles. The van der Waals surface area contributed by atoms with E-state index in [0.29, 0.717) is 24.1 Å². The summed E-state index contributed by atoms with van der Waals surface area (Å²) in [6, 6.07) is 8.22. The summed E-state index contributed by atoms with van der Waals surface area (Å²) in [4.78, 5) is 35.5. The van der Waals surface area contributed by atoms with E-state index >= 15 is 0 Å². The molecule has 3 rings (SSSR count). The third kappa shape index (κ3) is 3.80. The summed E-state index contributed by atoms with van der Waals surface area (Å²) < 4.78 is 15.3. The van der Waals surface area contributed by atoms with Crippen molar-refractivity contribution < 1.29 is 23.5 Å². The zero-order valence-electron chi connectivity index (χ0n) is 12.9. The Balaban J connectivity index is 1.57. The number of para-hydroxylation sites is 1. The second kappa shape index (κ2) is 7.27. The second-order valence-electron chi connectivity index (χ2n) is 5.50. The van der Waals surface area contributed by atoms with Crippen LogP contribution in [0.1, 0.15) is 23.2 Å². The molecule has 1 aliphatic rings. The first-order chi connectivity index (χ1) is 11.6. The third-order valence-corrected chi connectivity index (χ3v) is 3.75. The Morgan fingerprint density at radius 2 is 2.12 bits per heavy atom. The van der Waals surface area contributed by atoms with Crippen molar-refractivity contribution >= 4 is 22.8 Å². The van der Waals surface area contributed by atoms with E-state index in [2.05, 4.69) is 5.32 Å². The van der Waals surface area contributed by atoms with Gasteiger partial charge in [0.05, 0.1) is 6.10 Å². The molecular formula is C17H17NO6. The van der Waals surface area contributed by atoms with Crippen molar-refractivity contribution in [2.24, 2.45) is 0 Å². The minimum Gasteiger partial charge on any atom is -0.452 e. The predicted octanol–water partition coefficient (Wildman–Crippen LogP) is 1.24. The van der Waals surface area contributed by atoms with Gasteiger partial charge in [-0.25, -0.2) is 9.59 Å². The zero-order chi connectivity index (χ0) is 16.9. The zero-order valence-corrected chi connectivity index (χ0v) is 12.9. The minimum absolute atomic E-state index is 0.0113. The van der Waals surface area contributed by atoms with Crippen molar-refractivity contribution in [1.82, 2.24) is 5.32 Å². The summed E-state index contributed by atoms with van der Waals surface area (Å²) in [6.07, 6.45) is 1.89. The highest BCUT2D eigenvalue weighted by atomic mass is 16.5. The van der Waals surface area contributed by atoms with Crippen LogP contribution in [0, 0.1) is 0 Å². The van der Waals surface area contributed by atoms with Crippen molar-refractivity contribution in [2.45, 2.75) is 18.9 Å². The fraction of sp³-hybridized carbons (Fsp3) is 0.353. The van der Waals surface area contributed by atoms with E-state index in [-0.39, 0.29) is 11.7 Å². The summed E-state index contributed by atoms with van der Waals surface area (Å²) in [6.45, 7) is 0.625. The average molecular weight is 331 g/mol. The van der Waals surface area contributed by atoms with Gasteiger partial charge < -0.3 is 19.2 Å². The molecule has 1 fully saturated rings. The van der Waals surface area contributed by atoms with Gasteiger partial charge >= 0.3 is 11.6 Å². The molecule has 1 N–H and O–H groups in total. The molecule has 7 heteroatoms. The topological polar surface area (TPSA) is 94.8 Å². The average Bonchev–Trinajstić information content (AvgIpc) is 3.10. The predicted molar refractivity (Wildman–Crippen MR) is 84.8 cm³/mol. The first-order valence-corrected chi connectivity index (χ1v) is 7.72. The van der Waals surface area contributed by atoms with Gasteiger partial charge in [-0.2, -0.15) is 0 Å². The van der Waals surface area contributed by atoms with Crippen molar-refractivity contribution in [2.75, 3.05) is 19.8 Å². The standard InChI is InChI=1S/C17H17NO6/c19-15(18-9-12-5-3-7-22-12)10-23-16(20)13-8-11-4-1-2-6-14(11)24-17(13)21/h1-2,4,6,8,12H,3,5,7,9-10H2,(H,18,19)/t12-/m0/s1. The molecule has 7 nitrogen and oxygen atoms in total. The van der Waals surface area contributed by atoms with Gasteiger partial charge in [-0.1, -0.05) is 18.2 Å². The van der Waals surface area contributed by atoms with Crippen LogP contribution in [-0.4, -0.2) is 37.7 Å². The Hall–Kier alpha value is -2.67. The van der Waals surface area contributed by atoms with Crippen molar-refractivity contribution in [3.05, 3.63) is 46.3 Å². The number of hydrogen-bond donors (Lipinski definition) is 1. The summed E-state index contributed by atoms with van der Waals surface area (Å²) in [7, 11) is 0. The lowest BCUT2D eigenvalue weighted by atomic mass is 10.2. The van der Waals surface area contributed by atoms with Crippen LogP contribution in [0.4, 0.5) is 0 Å². The number of ether oxygens (including phenoxy) is 2. The van der Waals surface area contributed by atoms with E-state index in [1.807, 2.05) is 0 Å². The van der Waals surface area contributed by atoms with Gasteiger partial charge in [-0.3, -0.25) is 4.79 Å². The maximum absolute atomic E-state index is 12.0. The molecule has 126 valence electrons. The molecule has 0 radical (unpaired) electrons. The lowest BCUT2D eigenvalue weighted by molar-refractivity contribution is -0.124. The Labute approximate surface area is 137 Å². The van der Waals surface area contributed by atoms with Gasteiger partial charge in [0.25, 0.3) is 5.91 Å². The smallest absolute Gasteiger partial charge is 0.351 e. The van der Waals surface area contributed by atoms with Crippen LogP contribution in [0.15, 0.2) is 39.5 Å². The SMILES string of the molecule is O=C(COC(=O)c1cc2ccccc2oc1=O)NC[C@@H]1CCCO1. The second-order valence-corrected chi connectivity index (χ2v) is 5.50. The molecule has 1 atom stereocenters. The van der Waals surface area contributed by atoms with Crippen LogP contribution in [0.5, 0.6) is 0 Å². The number of carbonyl (C=O) groups excluding carboxylic acids is 2. The fourth-order valence-corrected chi connectivity index (χ4v) is 2.50. The van der Waals surface area contributed by atoms with Crippen LogP contribution in [-0.2, 0) is 14.3 Å². The van der Waals surface area contributed by atoms with Gasteiger partial charge in [0.2, 0.25) is 0 Å². The summed E-state index contributed by atoms with van der Waals surface area (Å²) >= 11 is 0. The molecule has 2 heterocycles. The summed E-state index contributed by atoms with van der Waals surface area (Å²) in [5.74, 6) is -1.33. The van der Waals surface area contributed by atoms with E-state index in [9.17, 15) is 14.4 Å². The monoisotopic (exact) mass is 331 g/mol. The van der Waals surface area contributed by atoms with Crippen LogP contribution in [0.25, 0.3) is 11.0 Å². The molecule has 1 aromatic carbocycles. The normalized spacial score (nSPS) is 16.9. The maximum atomic E-state index is 12.0. The van der Waals surface area contributed by atoms with Crippen LogP contribution >= 0.6 is 0 Å². The molecule has 0 saturated carbocycles. The molecule has 0 spiro atoms. The fourth-order valence-electron chi connectivity index (χ4n) is 2.50. The highest BCUT2D eigenvalue weighted by Gasteiger charge is 2.18. The molecule has 0 unspecified atom stereocenters. The van der Waals surface area contributed by atoms with Gasteiger partial charge in [0.15, 0.2) is 6.61 Å². The number of rotatable bonds is 5. The minimum atomic E-state index is -0.887. The van der Waals surface area contributed by atoms with Crippen LogP contribution in [0.3, 0.4) is 0 Å². The lowest BCUT2D eigenvalue weighted by Gasteiger charge is -2.10. The van der Waals surface area contributed by atoms with Crippen molar-refractivity contribution in [1.29, 1.82) is 0 Å². The number of fused-ring (bicyclic) bond motifs is 1. The van der Waals surface area contributed by atoms with E-state index < -0.39 is 24.1 Å². The number of carbonyl (C=O) groups is 2. The Kier molecular flexibility index (Phi) is 4.90. The number of esters is 1. The highest BCUT2D eigenvalue weighted by molar-refractivity contribution is 5.94. The highest BCUT2D eigenvalue weighted by Crippen LogP contribution is 2.13. The maximum Gasteiger partial charge on any atom is 0.351 e. The number of hydrogen-bond acceptors (Lipinski definition) is 6. The number of benzene rings is 1. The first kappa shape index (κ1) is 16.2. The van der Waals surface area contributed by atoms with Crippen LogP contribution in [0.2, 0.25) is 0 Å². The molecule has 1 amide bonds. The third-order valence-electron chi connectivity index (χ3n) is 3.75. The molecule has 2 aromatic rings. The summed E-state index contributed by atoms with van der Waals surface area (Å²) in [5, 5.41) is 3.24. The molecule has 0 bridgehead atoms. The van der Waals surface area contributed by atoms with Crippen molar-refractivity contribution in [3.63, 3.8) is 0 Å². The number of nitrogens with one attached hydrogen (secondary N) is 1. The Bertz CT molecular complexity index is 806. The lowest BCUT2D eigenvalue weighted by Crippen LogP contribution is -2.35. The van der Waals surface area contributed by atoms with E-state index in [1.54, 1.807) is 24.3 Å². The van der Waals surface area contributed by atoms with E-state index in [0.717, 1.165) is 12.8 Å².